The highest BCUT2D eigenvalue weighted by Crippen LogP contribution is 2.29. The molecule has 92 valence electrons. The van der Waals surface area contributed by atoms with E-state index in [9.17, 15) is 4.79 Å². The zero-order valence-electron chi connectivity index (χ0n) is 10.2. The largest absolute Gasteiger partial charge is 0.364 e. The van der Waals surface area contributed by atoms with E-state index in [0.29, 0.717) is 19.1 Å². The second-order valence-corrected chi connectivity index (χ2v) is 4.39. The summed E-state index contributed by atoms with van der Waals surface area (Å²) in [6.45, 7) is 6.66. The molecule has 1 atom stereocenters. The van der Waals surface area contributed by atoms with Crippen molar-refractivity contribution in [1.29, 1.82) is 0 Å². The van der Waals surface area contributed by atoms with Crippen molar-refractivity contribution in [2.75, 3.05) is 13.2 Å². The standard InChI is InChI=1S/C13H23NO2/c1-3-9-16-12(13(15)14-4-2)10-11-7-5-6-8-11/h3,11-12H,1,4-10H2,2H3,(H,14,15). The summed E-state index contributed by atoms with van der Waals surface area (Å²) >= 11 is 0. The highest BCUT2D eigenvalue weighted by molar-refractivity contribution is 5.80. The van der Waals surface area contributed by atoms with Gasteiger partial charge in [-0.05, 0) is 19.3 Å². The van der Waals surface area contributed by atoms with Crippen LogP contribution in [0.4, 0.5) is 0 Å². The van der Waals surface area contributed by atoms with Crippen LogP contribution in [0, 0.1) is 5.92 Å². The molecule has 3 nitrogen and oxygen atoms in total. The Morgan fingerprint density at radius 3 is 2.81 bits per heavy atom. The van der Waals surface area contributed by atoms with E-state index in [2.05, 4.69) is 11.9 Å². The van der Waals surface area contributed by atoms with Gasteiger partial charge in [0, 0.05) is 6.54 Å². The first-order valence-corrected chi connectivity index (χ1v) is 6.28. The van der Waals surface area contributed by atoms with Crippen molar-refractivity contribution in [3.8, 4) is 0 Å². The predicted molar refractivity (Wildman–Crippen MR) is 65.2 cm³/mol. The van der Waals surface area contributed by atoms with Crippen molar-refractivity contribution in [3.05, 3.63) is 12.7 Å². The van der Waals surface area contributed by atoms with Gasteiger partial charge in [-0.3, -0.25) is 4.79 Å². The van der Waals surface area contributed by atoms with Crippen molar-refractivity contribution < 1.29 is 9.53 Å². The Morgan fingerprint density at radius 2 is 2.25 bits per heavy atom. The SMILES string of the molecule is C=CCOC(CC1CCCC1)C(=O)NCC. The first kappa shape index (κ1) is 13.2. The number of likely N-dealkylation sites (N-methyl/N-ethyl adjacent to an activating group) is 1. The lowest BCUT2D eigenvalue weighted by Gasteiger charge is -2.19. The Kier molecular flexibility index (Phi) is 6.16. The summed E-state index contributed by atoms with van der Waals surface area (Å²) in [5.41, 5.74) is 0. The van der Waals surface area contributed by atoms with E-state index in [1.54, 1.807) is 6.08 Å². The van der Waals surface area contributed by atoms with Crippen LogP contribution in [0.3, 0.4) is 0 Å². The van der Waals surface area contributed by atoms with Crippen molar-refractivity contribution in [1.82, 2.24) is 5.32 Å². The Bertz CT molecular complexity index is 222. The van der Waals surface area contributed by atoms with Crippen molar-refractivity contribution in [2.45, 2.75) is 45.1 Å². The molecule has 3 heteroatoms. The van der Waals surface area contributed by atoms with Crippen LogP contribution >= 0.6 is 0 Å². The van der Waals surface area contributed by atoms with Crippen LogP contribution < -0.4 is 5.32 Å². The molecule has 0 aromatic heterocycles. The number of hydrogen-bond donors (Lipinski definition) is 1. The van der Waals surface area contributed by atoms with Gasteiger partial charge in [-0.15, -0.1) is 6.58 Å². The lowest BCUT2D eigenvalue weighted by atomic mass is 9.99. The molecule has 0 heterocycles. The van der Waals surface area contributed by atoms with Gasteiger partial charge in [0.1, 0.15) is 6.10 Å². The molecule has 1 unspecified atom stereocenters. The number of hydrogen-bond acceptors (Lipinski definition) is 2. The fourth-order valence-electron chi connectivity index (χ4n) is 2.27. The molecule has 0 spiro atoms. The normalized spacial score (nSPS) is 18.3. The molecule has 0 saturated heterocycles. The van der Waals surface area contributed by atoms with Crippen molar-refractivity contribution >= 4 is 5.91 Å². The molecular weight excluding hydrogens is 202 g/mol. The molecule has 0 bridgehead atoms. The maximum absolute atomic E-state index is 11.8. The highest BCUT2D eigenvalue weighted by atomic mass is 16.5. The van der Waals surface area contributed by atoms with Gasteiger partial charge in [-0.2, -0.15) is 0 Å². The van der Waals surface area contributed by atoms with E-state index in [1.165, 1.54) is 25.7 Å². The maximum atomic E-state index is 11.8. The van der Waals surface area contributed by atoms with Gasteiger partial charge in [0.2, 0.25) is 5.91 Å². The summed E-state index contributed by atoms with van der Waals surface area (Å²) in [6, 6.07) is 0. The second-order valence-electron chi connectivity index (χ2n) is 4.39. The number of carbonyl (C=O) groups excluding carboxylic acids is 1. The molecule has 1 rings (SSSR count). The van der Waals surface area contributed by atoms with Crippen LogP contribution in [-0.4, -0.2) is 25.2 Å². The van der Waals surface area contributed by atoms with Gasteiger partial charge >= 0.3 is 0 Å². The van der Waals surface area contributed by atoms with Crippen molar-refractivity contribution in [3.63, 3.8) is 0 Å². The third-order valence-corrected chi connectivity index (χ3v) is 3.08. The van der Waals surface area contributed by atoms with Gasteiger partial charge in [-0.1, -0.05) is 31.8 Å². The number of carbonyl (C=O) groups is 1. The molecule has 0 aromatic carbocycles. The van der Waals surface area contributed by atoms with E-state index >= 15 is 0 Å². The van der Waals surface area contributed by atoms with Crippen LogP contribution in [0.5, 0.6) is 0 Å². The van der Waals surface area contributed by atoms with E-state index < -0.39 is 0 Å². The molecule has 1 saturated carbocycles. The minimum atomic E-state index is -0.291. The van der Waals surface area contributed by atoms with E-state index in [0.717, 1.165) is 6.42 Å². The topological polar surface area (TPSA) is 38.3 Å². The minimum Gasteiger partial charge on any atom is -0.364 e. The average molecular weight is 225 g/mol. The first-order chi connectivity index (χ1) is 7.77. The number of rotatable bonds is 7. The smallest absolute Gasteiger partial charge is 0.249 e. The van der Waals surface area contributed by atoms with Crippen molar-refractivity contribution in [2.24, 2.45) is 5.92 Å². The fourth-order valence-corrected chi connectivity index (χ4v) is 2.27. The third kappa shape index (κ3) is 4.35. The number of amides is 1. The second kappa shape index (κ2) is 7.44. The van der Waals surface area contributed by atoms with Gasteiger partial charge in [0.05, 0.1) is 6.61 Å². The average Bonchev–Trinajstić information content (AvgIpc) is 2.77. The summed E-state index contributed by atoms with van der Waals surface area (Å²) in [5, 5.41) is 2.83. The van der Waals surface area contributed by atoms with E-state index in [4.69, 9.17) is 4.74 Å². The quantitative estimate of drug-likeness (QED) is 0.675. The molecule has 0 aromatic rings. The van der Waals surface area contributed by atoms with E-state index in [1.807, 2.05) is 6.92 Å². The summed E-state index contributed by atoms with van der Waals surface area (Å²) in [6.07, 6.45) is 7.35. The van der Waals surface area contributed by atoms with Gasteiger partial charge in [0.15, 0.2) is 0 Å². The molecule has 16 heavy (non-hydrogen) atoms. The lowest BCUT2D eigenvalue weighted by molar-refractivity contribution is -0.133. The van der Waals surface area contributed by atoms with Gasteiger partial charge in [-0.25, -0.2) is 0 Å². The summed E-state index contributed by atoms with van der Waals surface area (Å²) < 4.78 is 5.54. The molecule has 0 aliphatic heterocycles. The molecule has 1 N–H and O–H groups in total. The maximum Gasteiger partial charge on any atom is 0.249 e. The monoisotopic (exact) mass is 225 g/mol. The van der Waals surface area contributed by atoms with Gasteiger partial charge in [0.25, 0.3) is 0 Å². The summed E-state index contributed by atoms with van der Waals surface area (Å²) in [5.74, 6) is 0.689. The summed E-state index contributed by atoms with van der Waals surface area (Å²) in [7, 11) is 0. The first-order valence-electron chi connectivity index (χ1n) is 6.28. The van der Waals surface area contributed by atoms with E-state index in [-0.39, 0.29) is 12.0 Å². The molecule has 1 aliphatic carbocycles. The molecule has 1 aliphatic rings. The van der Waals surface area contributed by atoms with Crippen LogP contribution in [0.25, 0.3) is 0 Å². The zero-order valence-corrected chi connectivity index (χ0v) is 10.2. The Balaban J connectivity index is 2.41. The van der Waals surface area contributed by atoms with Crippen LogP contribution in [0.1, 0.15) is 39.0 Å². The molecular formula is C13H23NO2. The highest BCUT2D eigenvalue weighted by Gasteiger charge is 2.25. The van der Waals surface area contributed by atoms with Crippen LogP contribution in [0.15, 0.2) is 12.7 Å². The Labute approximate surface area is 98.2 Å². The Hall–Kier alpha value is -0.830. The minimum absolute atomic E-state index is 0.0243. The number of nitrogens with one attached hydrogen (secondary N) is 1. The van der Waals surface area contributed by atoms with Crippen LogP contribution in [0.2, 0.25) is 0 Å². The summed E-state index contributed by atoms with van der Waals surface area (Å²) in [4.78, 5) is 11.8. The van der Waals surface area contributed by atoms with Crippen LogP contribution in [-0.2, 0) is 9.53 Å². The molecule has 1 fully saturated rings. The predicted octanol–water partition coefficient (Wildman–Crippen LogP) is 2.27. The fraction of sp³-hybridized carbons (Fsp3) is 0.769. The lowest BCUT2D eigenvalue weighted by Crippen LogP contribution is -2.37. The molecule has 1 amide bonds. The molecule has 0 radical (unpaired) electrons. The number of ether oxygens (including phenoxy) is 1. The third-order valence-electron chi connectivity index (χ3n) is 3.08. The zero-order chi connectivity index (χ0) is 11.8. The Morgan fingerprint density at radius 1 is 1.56 bits per heavy atom. The van der Waals surface area contributed by atoms with Gasteiger partial charge < -0.3 is 10.1 Å².